The largest absolute Gasteiger partial charge is 0.508 e. The number of piperidine rings is 1. The van der Waals surface area contributed by atoms with Crippen LogP contribution in [0.1, 0.15) is 29.9 Å². The number of H-pyrrole nitrogens is 1. The molecule has 3 heterocycles. The van der Waals surface area contributed by atoms with Gasteiger partial charge in [-0.1, -0.05) is 30.3 Å². The monoisotopic (exact) mass is 458 g/mol. The van der Waals surface area contributed by atoms with E-state index >= 15 is 0 Å². The van der Waals surface area contributed by atoms with Crippen LogP contribution in [-0.2, 0) is 9.59 Å². The highest BCUT2D eigenvalue weighted by Crippen LogP contribution is 2.44. The summed E-state index contributed by atoms with van der Waals surface area (Å²) in [7, 11) is 0. The standard InChI is InChI=1S/C24H22N6O4/c25-11-15-18(17-14-4-2-1-3-12(14)5-6-16(17)31)19-21(27-22(15)33)28-24(29-23(19)34)30-9-7-13(8-10-30)20(26)32/h1-6,13,15,18,31H,7-10H2,(H2,26,32)(H2,27,28,29,33,34). The van der Waals surface area contributed by atoms with Crippen molar-refractivity contribution in [3.8, 4) is 11.8 Å². The minimum atomic E-state index is -1.23. The topological polar surface area (TPSA) is 165 Å². The van der Waals surface area contributed by atoms with E-state index in [9.17, 15) is 24.8 Å². The van der Waals surface area contributed by atoms with Gasteiger partial charge in [-0.15, -0.1) is 0 Å². The van der Waals surface area contributed by atoms with Gasteiger partial charge in [0.2, 0.25) is 17.8 Å². The predicted octanol–water partition coefficient (Wildman–Crippen LogP) is 1.55. The first-order valence-electron chi connectivity index (χ1n) is 11.0. The molecule has 0 radical (unpaired) electrons. The molecule has 2 atom stereocenters. The van der Waals surface area contributed by atoms with Crippen LogP contribution in [0, 0.1) is 23.2 Å². The van der Waals surface area contributed by atoms with Crippen molar-refractivity contribution in [2.75, 3.05) is 23.3 Å². The third kappa shape index (κ3) is 3.42. The Bertz CT molecular complexity index is 1420. The number of aromatic nitrogens is 2. The second-order valence-corrected chi connectivity index (χ2v) is 8.61. The van der Waals surface area contributed by atoms with Crippen molar-refractivity contribution in [2.45, 2.75) is 18.8 Å². The number of fused-ring (bicyclic) bond motifs is 2. The Kier molecular flexibility index (Phi) is 5.17. The molecule has 0 spiro atoms. The van der Waals surface area contributed by atoms with Crippen molar-refractivity contribution in [2.24, 2.45) is 17.6 Å². The van der Waals surface area contributed by atoms with E-state index in [1.807, 2.05) is 23.1 Å². The van der Waals surface area contributed by atoms with Crippen LogP contribution in [0.2, 0.25) is 0 Å². The van der Waals surface area contributed by atoms with E-state index < -0.39 is 23.3 Å². The molecule has 0 bridgehead atoms. The second-order valence-electron chi connectivity index (χ2n) is 8.61. The van der Waals surface area contributed by atoms with Gasteiger partial charge in [0.15, 0.2) is 0 Å². The molecular formula is C24H22N6O4. The van der Waals surface area contributed by atoms with Gasteiger partial charge in [-0.05, 0) is 29.7 Å². The number of benzene rings is 2. The van der Waals surface area contributed by atoms with E-state index in [4.69, 9.17) is 5.73 Å². The highest BCUT2D eigenvalue weighted by Gasteiger charge is 2.42. The summed E-state index contributed by atoms with van der Waals surface area (Å²) >= 11 is 0. The van der Waals surface area contributed by atoms with Crippen molar-refractivity contribution < 1.29 is 14.7 Å². The van der Waals surface area contributed by atoms with Gasteiger partial charge in [0.25, 0.3) is 5.56 Å². The fraction of sp³-hybridized carbons (Fsp3) is 0.292. The van der Waals surface area contributed by atoms with Crippen LogP contribution in [0.25, 0.3) is 10.8 Å². The molecule has 10 heteroatoms. The van der Waals surface area contributed by atoms with E-state index in [1.165, 1.54) is 6.07 Å². The molecule has 2 aliphatic heterocycles. The Morgan fingerprint density at radius 3 is 2.59 bits per heavy atom. The zero-order chi connectivity index (χ0) is 24.0. The number of primary amides is 1. The molecule has 3 aromatic rings. The molecule has 1 saturated heterocycles. The predicted molar refractivity (Wildman–Crippen MR) is 124 cm³/mol. The van der Waals surface area contributed by atoms with Crippen molar-refractivity contribution in [3.63, 3.8) is 0 Å². The first-order chi connectivity index (χ1) is 16.4. The average molecular weight is 458 g/mol. The number of aromatic amines is 1. The van der Waals surface area contributed by atoms with Crippen LogP contribution in [-0.4, -0.2) is 40.0 Å². The van der Waals surface area contributed by atoms with Gasteiger partial charge >= 0.3 is 0 Å². The maximum absolute atomic E-state index is 13.4. The third-order valence-corrected chi connectivity index (χ3v) is 6.71. The summed E-state index contributed by atoms with van der Waals surface area (Å²) in [5.41, 5.74) is 5.36. The fourth-order valence-electron chi connectivity index (χ4n) is 4.95. The molecule has 2 aliphatic rings. The minimum Gasteiger partial charge on any atom is -0.508 e. The van der Waals surface area contributed by atoms with Crippen molar-refractivity contribution in [1.29, 1.82) is 5.26 Å². The molecule has 0 saturated carbocycles. The summed E-state index contributed by atoms with van der Waals surface area (Å²) in [6, 6.07) is 12.5. The molecule has 2 unspecified atom stereocenters. The molecule has 1 fully saturated rings. The molecule has 172 valence electrons. The fourth-order valence-corrected chi connectivity index (χ4v) is 4.95. The number of phenolic OH excluding ortho intramolecular Hbond substituents is 1. The molecular weight excluding hydrogens is 436 g/mol. The number of nitrogens with one attached hydrogen (secondary N) is 2. The molecule has 0 aliphatic carbocycles. The summed E-state index contributed by atoms with van der Waals surface area (Å²) in [6.07, 6.45) is 1.07. The van der Waals surface area contributed by atoms with Crippen LogP contribution in [0.5, 0.6) is 5.75 Å². The second kappa shape index (κ2) is 8.19. The van der Waals surface area contributed by atoms with Crippen molar-refractivity contribution in [1.82, 2.24) is 9.97 Å². The Hall–Kier alpha value is -4.39. The lowest BCUT2D eigenvalue weighted by atomic mass is 9.77. The van der Waals surface area contributed by atoms with E-state index in [-0.39, 0.29) is 34.9 Å². The number of amides is 2. The van der Waals surface area contributed by atoms with Crippen LogP contribution < -0.4 is 21.5 Å². The number of hydrogen-bond donors (Lipinski definition) is 4. The van der Waals surface area contributed by atoms with Crippen molar-refractivity contribution >= 4 is 34.4 Å². The average Bonchev–Trinajstić information content (AvgIpc) is 2.83. The minimum absolute atomic E-state index is 0.0598. The number of rotatable bonds is 3. The molecule has 2 amide bonds. The number of nitrogens with two attached hydrogens (primary N) is 1. The molecule has 5 N–H and O–H groups in total. The number of nitriles is 1. The molecule has 34 heavy (non-hydrogen) atoms. The highest BCUT2D eigenvalue weighted by molar-refractivity contribution is 5.99. The number of hydrogen-bond acceptors (Lipinski definition) is 7. The molecule has 1 aromatic heterocycles. The number of carbonyl (C=O) groups excluding carboxylic acids is 2. The number of carbonyl (C=O) groups is 2. The third-order valence-electron chi connectivity index (χ3n) is 6.71. The lowest BCUT2D eigenvalue weighted by Gasteiger charge is -2.33. The summed E-state index contributed by atoms with van der Waals surface area (Å²) in [6.45, 7) is 0.940. The molecule has 2 aromatic carbocycles. The SMILES string of the molecule is N#CC1C(=O)Nc2nc(N3CCC(C(N)=O)CC3)[nH]c(=O)c2C1c1c(O)ccc2ccccc12. The van der Waals surface area contributed by atoms with E-state index in [0.29, 0.717) is 36.9 Å². The summed E-state index contributed by atoms with van der Waals surface area (Å²) in [5.74, 6) is -3.19. The zero-order valence-corrected chi connectivity index (χ0v) is 18.1. The van der Waals surface area contributed by atoms with Gasteiger partial charge in [-0.25, -0.2) is 0 Å². The number of phenols is 1. The van der Waals surface area contributed by atoms with Gasteiger partial charge in [-0.3, -0.25) is 19.4 Å². The first kappa shape index (κ1) is 21.5. The molecule has 5 rings (SSSR count). The Balaban J connectivity index is 1.64. The summed E-state index contributed by atoms with van der Waals surface area (Å²) < 4.78 is 0. The lowest BCUT2D eigenvalue weighted by Crippen LogP contribution is -2.42. The highest BCUT2D eigenvalue weighted by atomic mass is 16.3. The molecule has 10 nitrogen and oxygen atoms in total. The summed E-state index contributed by atoms with van der Waals surface area (Å²) in [5, 5.41) is 24.7. The number of nitrogens with zero attached hydrogens (tertiary/aromatic N) is 3. The van der Waals surface area contributed by atoms with E-state index in [2.05, 4.69) is 15.3 Å². The van der Waals surface area contributed by atoms with Crippen LogP contribution in [0.15, 0.2) is 41.2 Å². The van der Waals surface area contributed by atoms with Crippen LogP contribution >= 0.6 is 0 Å². The van der Waals surface area contributed by atoms with Crippen molar-refractivity contribution in [3.05, 3.63) is 57.9 Å². The lowest BCUT2D eigenvalue weighted by molar-refractivity contribution is -0.122. The van der Waals surface area contributed by atoms with Gasteiger partial charge in [0.1, 0.15) is 17.5 Å². The Labute approximate surface area is 194 Å². The van der Waals surface area contributed by atoms with E-state index in [0.717, 1.165) is 5.39 Å². The summed E-state index contributed by atoms with van der Waals surface area (Å²) in [4.78, 5) is 46.8. The number of anilines is 2. The maximum atomic E-state index is 13.4. The Morgan fingerprint density at radius 2 is 1.88 bits per heavy atom. The smallest absolute Gasteiger partial charge is 0.258 e. The van der Waals surface area contributed by atoms with Gasteiger partial charge in [0.05, 0.1) is 11.6 Å². The van der Waals surface area contributed by atoms with Crippen LogP contribution in [0.4, 0.5) is 11.8 Å². The van der Waals surface area contributed by atoms with Gasteiger partial charge < -0.3 is 21.1 Å². The normalized spacial score (nSPS) is 20.4. The first-order valence-corrected chi connectivity index (χ1v) is 11.0. The zero-order valence-electron chi connectivity index (χ0n) is 18.1. The Morgan fingerprint density at radius 1 is 1.15 bits per heavy atom. The maximum Gasteiger partial charge on any atom is 0.258 e. The quantitative estimate of drug-likeness (QED) is 0.462. The van der Waals surface area contributed by atoms with Gasteiger partial charge in [-0.2, -0.15) is 10.2 Å². The number of aromatic hydroxyl groups is 1. The van der Waals surface area contributed by atoms with E-state index in [1.54, 1.807) is 18.2 Å². The van der Waals surface area contributed by atoms with Gasteiger partial charge in [0, 0.05) is 30.5 Å². The van der Waals surface area contributed by atoms with Crippen LogP contribution in [0.3, 0.4) is 0 Å².